The third-order valence-corrected chi connectivity index (χ3v) is 0.494. The highest BCUT2D eigenvalue weighted by molar-refractivity contribution is 6.18. The van der Waals surface area contributed by atoms with E-state index in [9.17, 15) is 0 Å². The van der Waals surface area contributed by atoms with Gasteiger partial charge in [0, 0.05) is 12.4 Å². The van der Waals surface area contributed by atoms with E-state index in [1.807, 2.05) is 0 Å². The number of alkyl halides is 1. The maximum Gasteiger partial charge on any atom is 0.0401 e. The summed E-state index contributed by atoms with van der Waals surface area (Å²) in [6.07, 6.45) is 3.29. The van der Waals surface area contributed by atoms with Crippen LogP contribution in [0.5, 0.6) is 0 Å². The fraction of sp³-hybridized carbons (Fsp3) is 0.333. The smallest absolute Gasteiger partial charge is 0.0401 e. The van der Waals surface area contributed by atoms with Gasteiger partial charge in [0.2, 0.25) is 0 Å². The van der Waals surface area contributed by atoms with Crippen LogP contribution in [-0.2, 0) is 0 Å². The van der Waals surface area contributed by atoms with E-state index in [0.29, 0.717) is 12.4 Å². The van der Waals surface area contributed by atoms with E-state index in [-0.39, 0.29) is 12.4 Å². The molecule has 0 aromatic rings. The van der Waals surface area contributed by atoms with Gasteiger partial charge in [-0.2, -0.15) is 0 Å². The third-order valence-electron chi connectivity index (χ3n) is 0.276. The van der Waals surface area contributed by atoms with Crippen molar-refractivity contribution < 1.29 is 0 Å². The molecule has 0 aliphatic rings. The molecular formula is C6H13Cl2N. The lowest BCUT2D eigenvalue weighted by Gasteiger charge is -1.61. The Morgan fingerprint density at radius 1 is 1.33 bits per heavy atom. The largest absolute Gasteiger partial charge is 0.327 e. The third kappa shape index (κ3) is 71.2. The van der Waals surface area contributed by atoms with Gasteiger partial charge in [-0.05, 0) is 0 Å². The molecule has 2 N–H and O–H groups in total. The Morgan fingerprint density at radius 2 is 1.56 bits per heavy atom. The van der Waals surface area contributed by atoms with Crippen molar-refractivity contribution in [1.29, 1.82) is 0 Å². The molecule has 0 bridgehead atoms. The van der Waals surface area contributed by atoms with Crippen LogP contribution in [0.25, 0.3) is 0 Å². The minimum atomic E-state index is 0. The molecule has 0 saturated carbocycles. The number of nitrogens with two attached hydrogens (primary N) is 1. The minimum absolute atomic E-state index is 0. The van der Waals surface area contributed by atoms with Crippen molar-refractivity contribution >= 4 is 24.0 Å². The fourth-order valence-electron chi connectivity index (χ4n) is 0. The maximum atomic E-state index is 5.07. The van der Waals surface area contributed by atoms with E-state index in [2.05, 4.69) is 13.2 Å². The van der Waals surface area contributed by atoms with Gasteiger partial charge in [-0.3, -0.25) is 0 Å². The summed E-state index contributed by atoms with van der Waals surface area (Å²) in [6, 6.07) is 0. The summed E-state index contributed by atoms with van der Waals surface area (Å²) in [6.45, 7) is 7.28. The molecule has 0 aliphatic carbocycles. The SMILES string of the molecule is C=CCCl.C=CCN.Cl. The summed E-state index contributed by atoms with van der Waals surface area (Å²) >= 11 is 5.07. The van der Waals surface area contributed by atoms with Crippen molar-refractivity contribution in [1.82, 2.24) is 0 Å². The average molecular weight is 170 g/mol. The van der Waals surface area contributed by atoms with E-state index in [4.69, 9.17) is 17.3 Å². The van der Waals surface area contributed by atoms with Gasteiger partial charge >= 0.3 is 0 Å². The minimum Gasteiger partial charge on any atom is -0.327 e. The predicted molar refractivity (Wildman–Crippen MR) is 47.4 cm³/mol. The van der Waals surface area contributed by atoms with Crippen LogP contribution in [0.2, 0.25) is 0 Å². The Kier molecular flexibility index (Phi) is 43.5. The zero-order valence-electron chi connectivity index (χ0n) is 5.35. The summed E-state index contributed by atoms with van der Waals surface area (Å²) in [5.74, 6) is 0.556. The van der Waals surface area contributed by atoms with Gasteiger partial charge in [-0.1, -0.05) is 12.2 Å². The summed E-state index contributed by atoms with van der Waals surface area (Å²) < 4.78 is 0. The predicted octanol–water partition coefficient (Wildman–Crippen LogP) is 1.96. The molecule has 0 saturated heterocycles. The van der Waals surface area contributed by atoms with Crippen molar-refractivity contribution in [3.8, 4) is 0 Å². The van der Waals surface area contributed by atoms with Crippen LogP contribution in [0, 0.1) is 0 Å². The van der Waals surface area contributed by atoms with Crippen molar-refractivity contribution in [3.63, 3.8) is 0 Å². The lowest BCUT2D eigenvalue weighted by atomic mass is 10.7. The van der Waals surface area contributed by atoms with Crippen LogP contribution in [0.15, 0.2) is 25.3 Å². The summed E-state index contributed by atoms with van der Waals surface area (Å²) in [7, 11) is 0. The Bertz CT molecular complexity index is 47.0. The molecular weight excluding hydrogens is 157 g/mol. The van der Waals surface area contributed by atoms with E-state index in [1.165, 1.54) is 0 Å². The normalized spacial score (nSPS) is 5.56. The van der Waals surface area contributed by atoms with Crippen LogP contribution in [-0.4, -0.2) is 12.4 Å². The molecule has 0 unspecified atom stereocenters. The number of allylic oxidation sites excluding steroid dienone is 1. The molecule has 0 aromatic heterocycles. The first-order valence-corrected chi connectivity index (χ1v) is 2.84. The van der Waals surface area contributed by atoms with Crippen LogP contribution in [0.3, 0.4) is 0 Å². The molecule has 0 spiro atoms. The van der Waals surface area contributed by atoms with Gasteiger partial charge in [0.15, 0.2) is 0 Å². The van der Waals surface area contributed by atoms with Crippen LogP contribution in [0.1, 0.15) is 0 Å². The molecule has 0 heterocycles. The molecule has 0 aromatic carbocycles. The number of halogens is 2. The number of hydrogen-bond acceptors (Lipinski definition) is 1. The molecule has 0 rings (SSSR count). The first-order chi connectivity index (χ1) is 3.83. The van der Waals surface area contributed by atoms with E-state index in [0.717, 1.165) is 0 Å². The van der Waals surface area contributed by atoms with Crippen molar-refractivity contribution in [3.05, 3.63) is 25.3 Å². The Labute approximate surface area is 68.0 Å². The molecule has 0 aliphatic heterocycles. The summed E-state index contributed by atoms with van der Waals surface area (Å²) in [4.78, 5) is 0. The maximum absolute atomic E-state index is 5.07. The first kappa shape index (κ1) is 16.0. The van der Waals surface area contributed by atoms with E-state index in [1.54, 1.807) is 12.2 Å². The average Bonchev–Trinajstić information content (AvgIpc) is 1.88. The van der Waals surface area contributed by atoms with Crippen LogP contribution >= 0.6 is 24.0 Å². The fourth-order valence-corrected chi connectivity index (χ4v) is 0. The second kappa shape index (κ2) is 24.5. The van der Waals surface area contributed by atoms with Gasteiger partial charge < -0.3 is 5.73 Å². The highest BCUT2D eigenvalue weighted by Crippen LogP contribution is 1.67. The topological polar surface area (TPSA) is 26.0 Å². The lowest BCUT2D eigenvalue weighted by Crippen LogP contribution is -1.90. The highest BCUT2D eigenvalue weighted by Gasteiger charge is 1.48. The zero-order valence-corrected chi connectivity index (χ0v) is 6.92. The Morgan fingerprint density at radius 3 is 1.56 bits per heavy atom. The van der Waals surface area contributed by atoms with Gasteiger partial charge in [0.25, 0.3) is 0 Å². The van der Waals surface area contributed by atoms with Gasteiger partial charge in [-0.15, -0.1) is 37.2 Å². The van der Waals surface area contributed by atoms with Gasteiger partial charge in [0.1, 0.15) is 0 Å². The molecule has 56 valence electrons. The van der Waals surface area contributed by atoms with Crippen LogP contribution < -0.4 is 5.73 Å². The van der Waals surface area contributed by atoms with E-state index < -0.39 is 0 Å². The molecule has 0 radical (unpaired) electrons. The molecule has 0 amide bonds. The van der Waals surface area contributed by atoms with E-state index >= 15 is 0 Å². The second-order valence-electron chi connectivity index (χ2n) is 0.967. The first-order valence-electron chi connectivity index (χ1n) is 2.31. The highest BCUT2D eigenvalue weighted by atomic mass is 35.5. The second-order valence-corrected chi connectivity index (χ2v) is 1.28. The monoisotopic (exact) mass is 169 g/mol. The number of hydrogen-bond donors (Lipinski definition) is 1. The standard InChI is InChI=1S/C3H5Cl.C3H7N.ClH/c2*1-2-3-4;/h2H,1,3H2;2H,1,3-4H2;1H. The lowest BCUT2D eigenvalue weighted by molar-refractivity contribution is 1.26. The van der Waals surface area contributed by atoms with Crippen molar-refractivity contribution in [2.45, 2.75) is 0 Å². The van der Waals surface area contributed by atoms with Gasteiger partial charge in [-0.25, -0.2) is 0 Å². The molecule has 0 fully saturated rings. The molecule has 1 nitrogen and oxygen atoms in total. The summed E-state index contributed by atoms with van der Waals surface area (Å²) in [5.41, 5.74) is 4.91. The van der Waals surface area contributed by atoms with Crippen molar-refractivity contribution in [2.24, 2.45) is 5.73 Å². The Balaban J connectivity index is -0.0000000720. The summed E-state index contributed by atoms with van der Waals surface area (Å²) in [5, 5.41) is 0. The Hall–Kier alpha value is 0.0200. The molecule has 3 heteroatoms. The quantitative estimate of drug-likeness (QED) is 0.497. The number of rotatable bonds is 2. The zero-order chi connectivity index (χ0) is 6.83. The molecule has 9 heavy (non-hydrogen) atoms. The van der Waals surface area contributed by atoms with Gasteiger partial charge in [0.05, 0.1) is 0 Å². The van der Waals surface area contributed by atoms with Crippen LogP contribution in [0.4, 0.5) is 0 Å². The molecule has 0 atom stereocenters. The van der Waals surface area contributed by atoms with Crippen molar-refractivity contribution in [2.75, 3.05) is 12.4 Å².